The highest BCUT2D eigenvalue weighted by Gasteiger charge is 2.19. The van der Waals surface area contributed by atoms with Crippen LogP contribution in [0.4, 0.5) is 5.69 Å². The summed E-state index contributed by atoms with van der Waals surface area (Å²) in [7, 11) is 0. The van der Waals surface area contributed by atoms with E-state index in [-0.39, 0.29) is 5.75 Å². The number of aliphatic imine (C=N–C) groups is 1. The molecule has 26 heavy (non-hydrogen) atoms. The van der Waals surface area contributed by atoms with Crippen molar-refractivity contribution in [2.24, 2.45) is 4.99 Å². The van der Waals surface area contributed by atoms with E-state index >= 15 is 0 Å². The minimum atomic E-state index is 0.229. The number of phenols is 1. The van der Waals surface area contributed by atoms with Crippen molar-refractivity contribution in [3.8, 4) is 5.75 Å². The average Bonchev–Trinajstić information content (AvgIpc) is 2.68. The second-order valence-corrected chi connectivity index (χ2v) is 6.34. The van der Waals surface area contributed by atoms with Gasteiger partial charge in [-0.3, -0.25) is 4.99 Å². The second-order valence-electron chi connectivity index (χ2n) is 6.34. The number of fused-ring (bicyclic) bond motifs is 1. The number of hydrogen-bond acceptors (Lipinski definition) is 3. The monoisotopic (exact) mass is 353 g/mol. The molecule has 5 nitrogen and oxygen atoms in total. The summed E-state index contributed by atoms with van der Waals surface area (Å²) in [6.45, 7) is 5.86. The highest BCUT2D eigenvalue weighted by molar-refractivity contribution is 5.95. The quantitative estimate of drug-likeness (QED) is 0.360. The molecule has 0 amide bonds. The fourth-order valence-corrected chi connectivity index (χ4v) is 3.09. The van der Waals surface area contributed by atoms with Crippen LogP contribution in [0, 0.1) is 0 Å². The van der Waals surface area contributed by atoms with Crippen LogP contribution in [0.25, 0.3) is 0 Å². The number of aromatic hydroxyl groups is 1. The molecule has 2 N–H and O–H groups in total. The lowest BCUT2D eigenvalue weighted by molar-refractivity contribution is 0.146. The summed E-state index contributed by atoms with van der Waals surface area (Å²) in [4.78, 5) is 7.01. The predicted molar refractivity (Wildman–Crippen MR) is 106 cm³/mol. The Hall–Kier alpha value is -2.53. The lowest BCUT2D eigenvalue weighted by Gasteiger charge is -2.32. The van der Waals surface area contributed by atoms with Crippen molar-refractivity contribution in [2.45, 2.75) is 26.3 Å². The van der Waals surface area contributed by atoms with Crippen molar-refractivity contribution in [1.82, 2.24) is 4.90 Å². The van der Waals surface area contributed by atoms with Crippen LogP contribution in [0.5, 0.6) is 5.75 Å². The smallest absolute Gasteiger partial charge is 0.198 e. The van der Waals surface area contributed by atoms with Gasteiger partial charge in [-0.05, 0) is 43.0 Å². The molecule has 1 aliphatic heterocycles. The van der Waals surface area contributed by atoms with E-state index in [0.29, 0.717) is 18.8 Å². The van der Waals surface area contributed by atoms with Crippen molar-refractivity contribution in [1.29, 1.82) is 0 Å². The third kappa shape index (κ3) is 4.76. The number of ether oxygens (including phenoxy) is 1. The third-order valence-electron chi connectivity index (χ3n) is 4.49. The van der Waals surface area contributed by atoms with Crippen LogP contribution in [0.2, 0.25) is 0 Å². The molecule has 2 aromatic carbocycles. The minimum Gasteiger partial charge on any atom is -0.506 e. The van der Waals surface area contributed by atoms with E-state index in [4.69, 9.17) is 9.73 Å². The Kier molecular flexibility index (Phi) is 6.50. The molecule has 0 spiro atoms. The maximum Gasteiger partial charge on any atom is 0.198 e. The predicted octanol–water partition coefficient (Wildman–Crippen LogP) is 3.65. The van der Waals surface area contributed by atoms with Crippen LogP contribution in [0.15, 0.2) is 53.5 Å². The van der Waals surface area contributed by atoms with Gasteiger partial charge in [-0.25, -0.2) is 0 Å². The summed E-state index contributed by atoms with van der Waals surface area (Å²) in [6.07, 6.45) is 1.88. The summed E-state index contributed by atoms with van der Waals surface area (Å²) in [5.41, 5.74) is 3.41. The molecule has 0 unspecified atom stereocenters. The Morgan fingerprint density at radius 2 is 1.92 bits per heavy atom. The molecule has 0 aliphatic carbocycles. The summed E-state index contributed by atoms with van der Waals surface area (Å²) in [6, 6.07) is 15.8. The summed E-state index contributed by atoms with van der Waals surface area (Å²) in [5, 5.41) is 13.4. The molecule has 1 heterocycles. The fraction of sp³-hybridized carbons (Fsp3) is 0.381. The molecule has 5 heteroatoms. The van der Waals surface area contributed by atoms with Crippen molar-refractivity contribution in [3.63, 3.8) is 0 Å². The lowest BCUT2D eigenvalue weighted by atomic mass is 10.0. The average molecular weight is 353 g/mol. The zero-order chi connectivity index (χ0) is 18.2. The van der Waals surface area contributed by atoms with Crippen LogP contribution in [0.1, 0.15) is 24.5 Å². The first kappa shape index (κ1) is 18.3. The van der Waals surface area contributed by atoms with E-state index in [1.54, 1.807) is 6.07 Å². The van der Waals surface area contributed by atoms with Crippen LogP contribution >= 0.6 is 0 Å². The van der Waals surface area contributed by atoms with Crippen LogP contribution in [-0.2, 0) is 17.7 Å². The van der Waals surface area contributed by atoms with Gasteiger partial charge in [0.05, 0.1) is 5.69 Å². The first-order valence-electron chi connectivity index (χ1n) is 9.27. The summed E-state index contributed by atoms with van der Waals surface area (Å²) < 4.78 is 5.40. The first-order chi connectivity index (χ1) is 12.8. The van der Waals surface area contributed by atoms with Crippen molar-refractivity contribution in [3.05, 3.63) is 59.7 Å². The number of nitrogens with zero attached hydrogens (tertiary/aromatic N) is 2. The minimum absolute atomic E-state index is 0.229. The van der Waals surface area contributed by atoms with Gasteiger partial charge in [0, 0.05) is 32.8 Å². The zero-order valence-electron chi connectivity index (χ0n) is 15.3. The molecule has 0 saturated heterocycles. The molecule has 1 aliphatic rings. The molecule has 0 fully saturated rings. The topological polar surface area (TPSA) is 57.1 Å². The largest absolute Gasteiger partial charge is 0.506 e. The molecule has 3 rings (SSSR count). The zero-order valence-corrected chi connectivity index (χ0v) is 15.3. The maximum absolute atomic E-state index is 10.1. The fourth-order valence-electron chi connectivity index (χ4n) is 3.09. The van der Waals surface area contributed by atoms with E-state index in [9.17, 15) is 5.11 Å². The molecule has 0 saturated carbocycles. The number of rotatable bonds is 6. The molecule has 0 radical (unpaired) electrons. The van der Waals surface area contributed by atoms with Gasteiger partial charge in [-0.15, -0.1) is 0 Å². The van der Waals surface area contributed by atoms with Gasteiger partial charge >= 0.3 is 0 Å². The molecule has 0 bridgehead atoms. The van der Waals surface area contributed by atoms with Gasteiger partial charge in [0.25, 0.3) is 0 Å². The van der Waals surface area contributed by atoms with E-state index in [1.165, 1.54) is 11.1 Å². The molecular weight excluding hydrogens is 326 g/mol. The van der Waals surface area contributed by atoms with E-state index in [0.717, 1.165) is 38.5 Å². The lowest BCUT2D eigenvalue weighted by Crippen LogP contribution is -2.40. The number of nitrogens with one attached hydrogen (secondary N) is 1. The van der Waals surface area contributed by atoms with Gasteiger partial charge in [0.2, 0.25) is 0 Å². The highest BCUT2D eigenvalue weighted by Crippen LogP contribution is 2.24. The van der Waals surface area contributed by atoms with Gasteiger partial charge < -0.3 is 20.1 Å². The van der Waals surface area contributed by atoms with Gasteiger partial charge in [0.1, 0.15) is 5.75 Å². The number of phenolic OH excluding ortho intramolecular Hbond substituents is 1. The number of benzene rings is 2. The van der Waals surface area contributed by atoms with Crippen molar-refractivity contribution in [2.75, 3.05) is 31.6 Å². The van der Waals surface area contributed by atoms with Crippen LogP contribution in [-0.4, -0.2) is 42.3 Å². The van der Waals surface area contributed by atoms with Crippen molar-refractivity contribution < 1.29 is 9.84 Å². The molecule has 2 aromatic rings. The highest BCUT2D eigenvalue weighted by atomic mass is 16.5. The second kappa shape index (κ2) is 9.25. The Morgan fingerprint density at radius 3 is 2.73 bits per heavy atom. The maximum atomic E-state index is 10.1. The standard InChI is InChI=1S/C21H27N3O2/c1-2-26-15-7-13-22-21(23-19-10-5-6-11-20(19)25)24-14-12-17-8-3-4-9-18(17)16-24/h3-6,8-11,25H,2,7,12-16H2,1H3,(H,22,23). The van der Waals surface area contributed by atoms with Crippen LogP contribution in [0.3, 0.4) is 0 Å². The van der Waals surface area contributed by atoms with E-state index in [1.807, 2.05) is 25.1 Å². The van der Waals surface area contributed by atoms with Crippen LogP contribution < -0.4 is 5.32 Å². The third-order valence-corrected chi connectivity index (χ3v) is 4.49. The normalized spacial score (nSPS) is 14.2. The number of anilines is 1. The Morgan fingerprint density at radius 1 is 1.15 bits per heavy atom. The molecule has 138 valence electrons. The van der Waals surface area contributed by atoms with E-state index < -0.39 is 0 Å². The van der Waals surface area contributed by atoms with Gasteiger partial charge in [-0.1, -0.05) is 36.4 Å². The van der Waals surface area contributed by atoms with Gasteiger partial charge in [0.15, 0.2) is 5.96 Å². The van der Waals surface area contributed by atoms with E-state index in [2.05, 4.69) is 34.5 Å². The van der Waals surface area contributed by atoms with Crippen molar-refractivity contribution >= 4 is 11.6 Å². The SMILES string of the molecule is CCOCCCN=C(Nc1ccccc1O)N1CCc2ccccc2C1. The Bertz CT molecular complexity index is 746. The summed E-state index contributed by atoms with van der Waals surface area (Å²) >= 11 is 0. The number of para-hydroxylation sites is 2. The molecule has 0 aromatic heterocycles. The molecule has 0 atom stereocenters. The Labute approximate surface area is 155 Å². The Balaban J connectivity index is 1.74. The molecular formula is C21H27N3O2. The van der Waals surface area contributed by atoms with Gasteiger partial charge in [-0.2, -0.15) is 0 Å². The first-order valence-corrected chi connectivity index (χ1v) is 9.27. The summed E-state index contributed by atoms with van der Waals surface area (Å²) in [5.74, 6) is 1.03. The number of hydrogen-bond donors (Lipinski definition) is 2. The number of guanidine groups is 1.